The second kappa shape index (κ2) is 9.37. The molecule has 2 fully saturated rings. The summed E-state index contributed by atoms with van der Waals surface area (Å²) in [6.45, 7) is 5.22. The van der Waals surface area contributed by atoms with E-state index in [1.165, 1.54) is 17.7 Å². The van der Waals surface area contributed by atoms with Gasteiger partial charge in [-0.05, 0) is 54.7 Å². The lowest BCUT2D eigenvalue weighted by atomic mass is 10.0. The van der Waals surface area contributed by atoms with Gasteiger partial charge in [-0.15, -0.1) is 0 Å². The molecule has 2 heterocycles. The summed E-state index contributed by atoms with van der Waals surface area (Å²) in [5.41, 5.74) is 2.97. The molecule has 0 aromatic heterocycles. The number of benzene rings is 2. The van der Waals surface area contributed by atoms with E-state index in [4.69, 9.17) is 0 Å². The number of hydrogen-bond donors (Lipinski definition) is 1. The molecule has 0 saturated carbocycles. The summed E-state index contributed by atoms with van der Waals surface area (Å²) in [4.78, 5) is 31.0. The van der Waals surface area contributed by atoms with Gasteiger partial charge in [-0.1, -0.05) is 31.2 Å². The van der Waals surface area contributed by atoms with Crippen molar-refractivity contribution in [3.05, 3.63) is 65.5 Å². The number of likely N-dealkylation sites (tertiary alicyclic amines) is 1. The van der Waals surface area contributed by atoms with Crippen LogP contribution in [-0.2, 0) is 13.0 Å². The third-order valence-corrected chi connectivity index (χ3v) is 6.22. The van der Waals surface area contributed by atoms with Gasteiger partial charge in [0.05, 0.1) is 0 Å². The van der Waals surface area contributed by atoms with Crippen LogP contribution in [0.1, 0.15) is 30.9 Å². The van der Waals surface area contributed by atoms with Crippen molar-refractivity contribution in [3.8, 4) is 0 Å². The van der Waals surface area contributed by atoms with Crippen LogP contribution in [-0.4, -0.2) is 59.0 Å². The Kier molecular flexibility index (Phi) is 6.39. The Balaban J connectivity index is 1.26. The first kappa shape index (κ1) is 21.2. The van der Waals surface area contributed by atoms with Crippen molar-refractivity contribution in [2.24, 2.45) is 0 Å². The van der Waals surface area contributed by atoms with Crippen LogP contribution in [0.4, 0.5) is 19.7 Å². The molecule has 0 unspecified atom stereocenters. The van der Waals surface area contributed by atoms with Gasteiger partial charge < -0.3 is 20.0 Å². The number of carbonyl (C=O) groups excluding carboxylic acids is 2. The smallest absolute Gasteiger partial charge is 0.321 e. The highest BCUT2D eigenvalue weighted by Gasteiger charge is 2.36. The largest absolute Gasteiger partial charge is 0.324 e. The minimum absolute atomic E-state index is 0.0308. The predicted octanol–water partition coefficient (Wildman–Crippen LogP) is 4.32. The Labute approximate surface area is 182 Å². The van der Waals surface area contributed by atoms with Gasteiger partial charge >= 0.3 is 12.1 Å². The van der Waals surface area contributed by atoms with E-state index in [2.05, 4.69) is 12.2 Å². The number of carbonyl (C=O) groups is 2. The van der Waals surface area contributed by atoms with Gasteiger partial charge in [0.1, 0.15) is 5.82 Å². The van der Waals surface area contributed by atoms with Gasteiger partial charge in [0.15, 0.2) is 0 Å². The number of rotatable bonds is 5. The standard InChI is InChI=1S/C24H29FN4O2/c1-2-18-5-9-21(10-6-18)26-23(30)27-13-11-22(12-14-27)29-16-15-28(24(29)31)17-19-3-7-20(25)8-4-19/h3-10,22H,2,11-17H2,1H3,(H,26,30). The van der Waals surface area contributed by atoms with Crippen LogP contribution in [0, 0.1) is 5.82 Å². The Morgan fingerprint density at radius 2 is 1.61 bits per heavy atom. The zero-order chi connectivity index (χ0) is 21.8. The normalized spacial score (nSPS) is 17.4. The van der Waals surface area contributed by atoms with Crippen LogP contribution in [0.5, 0.6) is 0 Å². The van der Waals surface area contributed by atoms with Gasteiger partial charge in [-0.25, -0.2) is 14.0 Å². The maximum atomic E-state index is 13.1. The van der Waals surface area contributed by atoms with Crippen molar-refractivity contribution in [3.63, 3.8) is 0 Å². The quantitative estimate of drug-likeness (QED) is 0.777. The number of urea groups is 2. The van der Waals surface area contributed by atoms with Gasteiger partial charge in [0.2, 0.25) is 0 Å². The highest BCUT2D eigenvalue weighted by molar-refractivity contribution is 5.89. The molecule has 2 saturated heterocycles. The van der Waals surface area contributed by atoms with Gasteiger partial charge in [0.25, 0.3) is 0 Å². The van der Waals surface area contributed by atoms with E-state index in [9.17, 15) is 14.0 Å². The monoisotopic (exact) mass is 424 g/mol. The molecule has 4 amide bonds. The topological polar surface area (TPSA) is 55.9 Å². The Morgan fingerprint density at radius 1 is 0.968 bits per heavy atom. The maximum absolute atomic E-state index is 13.1. The zero-order valence-electron chi connectivity index (χ0n) is 17.9. The molecular formula is C24H29FN4O2. The van der Waals surface area contributed by atoms with E-state index in [0.717, 1.165) is 30.5 Å². The van der Waals surface area contributed by atoms with Crippen molar-refractivity contribution in [1.29, 1.82) is 0 Å². The van der Waals surface area contributed by atoms with Crippen LogP contribution in [0.2, 0.25) is 0 Å². The molecule has 2 aromatic rings. The predicted molar refractivity (Wildman–Crippen MR) is 118 cm³/mol. The lowest BCUT2D eigenvalue weighted by molar-refractivity contribution is 0.139. The van der Waals surface area contributed by atoms with Gasteiger partial charge in [-0.3, -0.25) is 0 Å². The number of piperidine rings is 1. The molecule has 2 aliphatic heterocycles. The fraction of sp³-hybridized carbons (Fsp3) is 0.417. The van der Waals surface area contributed by atoms with E-state index in [-0.39, 0.29) is 23.9 Å². The molecule has 2 aromatic carbocycles. The Hall–Kier alpha value is -3.09. The number of aryl methyl sites for hydroxylation is 1. The average Bonchev–Trinajstić information content (AvgIpc) is 3.16. The molecule has 0 radical (unpaired) electrons. The van der Waals surface area contributed by atoms with Crippen molar-refractivity contribution >= 4 is 17.7 Å². The SMILES string of the molecule is CCc1ccc(NC(=O)N2CCC(N3CCN(Cc4ccc(F)cc4)C3=O)CC2)cc1. The highest BCUT2D eigenvalue weighted by Crippen LogP contribution is 2.23. The fourth-order valence-corrected chi connectivity index (χ4v) is 4.30. The van der Waals surface area contributed by atoms with Crippen LogP contribution >= 0.6 is 0 Å². The van der Waals surface area contributed by atoms with Crippen molar-refractivity contribution in [2.45, 2.75) is 38.8 Å². The molecule has 164 valence electrons. The molecular weight excluding hydrogens is 395 g/mol. The molecule has 0 bridgehead atoms. The Morgan fingerprint density at radius 3 is 2.26 bits per heavy atom. The number of hydrogen-bond acceptors (Lipinski definition) is 2. The minimum atomic E-state index is -0.271. The molecule has 7 heteroatoms. The maximum Gasteiger partial charge on any atom is 0.321 e. The third kappa shape index (κ3) is 4.98. The molecule has 1 N–H and O–H groups in total. The lowest BCUT2D eigenvalue weighted by Crippen LogP contribution is -2.49. The van der Waals surface area contributed by atoms with Crippen LogP contribution in [0.15, 0.2) is 48.5 Å². The fourth-order valence-electron chi connectivity index (χ4n) is 4.30. The van der Waals surface area contributed by atoms with Gasteiger partial charge in [0, 0.05) is 44.5 Å². The van der Waals surface area contributed by atoms with E-state index in [1.807, 2.05) is 39.0 Å². The lowest BCUT2D eigenvalue weighted by Gasteiger charge is -2.36. The highest BCUT2D eigenvalue weighted by atomic mass is 19.1. The number of amides is 4. The zero-order valence-corrected chi connectivity index (χ0v) is 17.9. The number of halogens is 1. The van der Waals surface area contributed by atoms with Crippen molar-refractivity contribution < 1.29 is 14.0 Å². The third-order valence-electron chi connectivity index (χ3n) is 6.22. The minimum Gasteiger partial charge on any atom is -0.324 e. The summed E-state index contributed by atoms with van der Waals surface area (Å²) in [5.74, 6) is -0.271. The molecule has 4 rings (SSSR count). The summed E-state index contributed by atoms with van der Waals surface area (Å²) in [7, 11) is 0. The average molecular weight is 425 g/mol. The number of nitrogens with one attached hydrogen (secondary N) is 1. The van der Waals surface area contributed by atoms with Crippen LogP contribution in [0.3, 0.4) is 0 Å². The van der Waals surface area contributed by atoms with Crippen molar-refractivity contribution in [2.75, 3.05) is 31.5 Å². The van der Waals surface area contributed by atoms with Crippen molar-refractivity contribution in [1.82, 2.24) is 14.7 Å². The second-order valence-corrected chi connectivity index (χ2v) is 8.22. The first-order chi connectivity index (χ1) is 15.0. The molecule has 0 aliphatic carbocycles. The van der Waals surface area contributed by atoms with E-state index in [0.29, 0.717) is 32.7 Å². The first-order valence-electron chi connectivity index (χ1n) is 11.0. The van der Waals surface area contributed by atoms with E-state index in [1.54, 1.807) is 12.1 Å². The van der Waals surface area contributed by atoms with E-state index >= 15 is 0 Å². The second-order valence-electron chi connectivity index (χ2n) is 8.22. The molecule has 31 heavy (non-hydrogen) atoms. The molecule has 0 spiro atoms. The summed E-state index contributed by atoms with van der Waals surface area (Å²) in [6, 6.07) is 14.3. The van der Waals surface area contributed by atoms with Crippen LogP contribution in [0.25, 0.3) is 0 Å². The number of nitrogens with zero attached hydrogens (tertiary/aromatic N) is 3. The molecule has 0 atom stereocenters. The summed E-state index contributed by atoms with van der Waals surface area (Å²) in [6.07, 6.45) is 2.52. The molecule has 2 aliphatic rings. The molecule has 6 nitrogen and oxygen atoms in total. The Bertz CT molecular complexity index is 908. The van der Waals surface area contributed by atoms with Gasteiger partial charge in [-0.2, -0.15) is 0 Å². The summed E-state index contributed by atoms with van der Waals surface area (Å²) >= 11 is 0. The van der Waals surface area contributed by atoms with E-state index < -0.39 is 0 Å². The number of anilines is 1. The first-order valence-corrected chi connectivity index (χ1v) is 11.0. The summed E-state index contributed by atoms with van der Waals surface area (Å²) in [5, 5.41) is 2.97. The summed E-state index contributed by atoms with van der Waals surface area (Å²) < 4.78 is 13.1. The van der Waals surface area contributed by atoms with Crippen LogP contribution < -0.4 is 5.32 Å².